The first-order valence-corrected chi connectivity index (χ1v) is 17.8. The number of aryl methyl sites for hydroxylation is 2. The number of nitrogens with zero attached hydrogens (tertiary/aromatic N) is 6. The molecule has 4 N–H and O–H groups in total. The van der Waals surface area contributed by atoms with Crippen LogP contribution >= 0.6 is 31.9 Å². The van der Waals surface area contributed by atoms with E-state index in [0.717, 1.165) is 81.6 Å². The third-order valence-corrected chi connectivity index (χ3v) is 8.89. The Hall–Kier alpha value is -3.42. The maximum absolute atomic E-state index is 6.40. The van der Waals surface area contributed by atoms with Gasteiger partial charge in [0, 0.05) is 37.9 Å². The molecule has 0 aliphatic rings. The number of hydrogen-bond donors (Lipinski definition) is 2. The molecule has 0 unspecified atom stereocenters. The van der Waals surface area contributed by atoms with E-state index >= 15 is 0 Å². The largest absolute Gasteiger partial charge is 0.492 e. The SMILES string of the molecule is CN(C)CCCOc1ccc(CCN(N)/C=C(\N)c2ccc(-c3cn(CCc4ccc(OCCCN(C)C)c(Br)c4)nn3)cc2)cc1Br. The molecule has 10 nitrogen and oxygen atoms in total. The molecule has 0 saturated carbocycles. The van der Waals surface area contributed by atoms with E-state index in [1.165, 1.54) is 5.56 Å². The normalized spacial score (nSPS) is 11.8. The summed E-state index contributed by atoms with van der Waals surface area (Å²) in [7, 11) is 8.26. The molecular weight excluding hydrogens is 736 g/mol. The molecule has 4 rings (SSSR count). The van der Waals surface area contributed by atoms with Gasteiger partial charge in [0.05, 0.1) is 34.1 Å². The number of halogens is 2. The zero-order chi connectivity index (χ0) is 34.5. The molecule has 0 fully saturated rings. The predicted octanol–water partition coefficient (Wildman–Crippen LogP) is 6.05. The maximum atomic E-state index is 6.40. The predicted molar refractivity (Wildman–Crippen MR) is 202 cm³/mol. The summed E-state index contributed by atoms with van der Waals surface area (Å²) >= 11 is 7.29. The monoisotopic (exact) mass is 782 g/mol. The molecule has 0 radical (unpaired) electrons. The summed E-state index contributed by atoms with van der Waals surface area (Å²) in [6, 6.07) is 20.3. The molecule has 1 heterocycles. The number of ether oxygens (including phenoxy) is 2. The topological polar surface area (TPSA) is 111 Å². The van der Waals surface area contributed by atoms with Gasteiger partial charge in [0.25, 0.3) is 0 Å². The molecule has 258 valence electrons. The van der Waals surface area contributed by atoms with Crippen molar-refractivity contribution < 1.29 is 9.47 Å². The van der Waals surface area contributed by atoms with Crippen LogP contribution in [0.1, 0.15) is 29.5 Å². The van der Waals surface area contributed by atoms with Gasteiger partial charge in [-0.1, -0.05) is 41.6 Å². The van der Waals surface area contributed by atoms with Gasteiger partial charge in [0.1, 0.15) is 17.2 Å². The first-order chi connectivity index (χ1) is 23.1. The molecule has 1 aromatic heterocycles. The van der Waals surface area contributed by atoms with Gasteiger partial charge in [0.2, 0.25) is 0 Å². The Bertz CT molecular complexity index is 1610. The molecule has 48 heavy (non-hydrogen) atoms. The third-order valence-electron chi connectivity index (χ3n) is 7.65. The number of hydrazine groups is 1. The summed E-state index contributed by atoms with van der Waals surface area (Å²) in [5.41, 5.74) is 12.0. The van der Waals surface area contributed by atoms with Crippen LogP contribution in [-0.2, 0) is 19.4 Å². The second kappa shape index (κ2) is 18.9. The minimum Gasteiger partial charge on any atom is -0.492 e. The molecule has 0 atom stereocenters. The Labute approximate surface area is 301 Å². The van der Waals surface area contributed by atoms with Gasteiger partial charge in [0.15, 0.2) is 0 Å². The summed E-state index contributed by atoms with van der Waals surface area (Å²) in [6.45, 7) is 4.70. The van der Waals surface area contributed by atoms with Crippen LogP contribution in [0.4, 0.5) is 0 Å². The lowest BCUT2D eigenvalue weighted by Gasteiger charge is -2.16. The van der Waals surface area contributed by atoms with E-state index in [4.69, 9.17) is 21.1 Å². The lowest BCUT2D eigenvalue weighted by molar-refractivity contribution is 0.280. The van der Waals surface area contributed by atoms with Gasteiger partial charge in [-0.2, -0.15) is 0 Å². The molecule has 0 spiro atoms. The maximum Gasteiger partial charge on any atom is 0.133 e. The van der Waals surface area contributed by atoms with Gasteiger partial charge < -0.3 is 30.0 Å². The lowest BCUT2D eigenvalue weighted by atomic mass is 10.1. The van der Waals surface area contributed by atoms with Crippen LogP contribution in [0.25, 0.3) is 17.0 Å². The van der Waals surface area contributed by atoms with Gasteiger partial charge in [-0.15, -0.1) is 5.10 Å². The molecule has 4 aromatic rings. The minimum atomic E-state index is 0.589. The summed E-state index contributed by atoms with van der Waals surface area (Å²) in [4.78, 5) is 4.31. The van der Waals surface area contributed by atoms with Crippen molar-refractivity contribution in [1.29, 1.82) is 0 Å². The van der Waals surface area contributed by atoms with Crippen LogP contribution in [0.15, 0.2) is 82.0 Å². The summed E-state index contributed by atoms with van der Waals surface area (Å²) in [5.74, 6) is 8.00. The average Bonchev–Trinajstić information content (AvgIpc) is 3.53. The van der Waals surface area contributed by atoms with Crippen LogP contribution in [0.5, 0.6) is 11.5 Å². The summed E-state index contributed by atoms with van der Waals surface area (Å²) in [5, 5.41) is 10.4. The molecular formula is C36H48Br2N8O2. The molecule has 0 amide bonds. The molecule has 0 saturated heterocycles. The zero-order valence-electron chi connectivity index (χ0n) is 28.4. The van der Waals surface area contributed by atoms with Crippen molar-refractivity contribution in [2.75, 3.05) is 61.0 Å². The quantitative estimate of drug-likeness (QED) is 0.0668. The summed E-state index contributed by atoms with van der Waals surface area (Å²) in [6.07, 6.45) is 7.29. The van der Waals surface area contributed by atoms with E-state index in [2.05, 4.69) is 104 Å². The number of benzene rings is 3. The van der Waals surface area contributed by atoms with Gasteiger partial charge in [-0.05, 0) is 127 Å². The van der Waals surface area contributed by atoms with Crippen molar-refractivity contribution in [2.24, 2.45) is 11.6 Å². The van der Waals surface area contributed by atoms with E-state index in [1.807, 2.05) is 47.3 Å². The van der Waals surface area contributed by atoms with Gasteiger partial charge in [-0.25, -0.2) is 5.84 Å². The Balaban J connectivity index is 1.24. The van der Waals surface area contributed by atoms with Crippen molar-refractivity contribution >= 4 is 37.6 Å². The second-order valence-corrected chi connectivity index (χ2v) is 14.0. The number of rotatable bonds is 19. The molecule has 0 bridgehead atoms. The standard InChI is InChI=1S/C36H48Br2N8O2/c1-43(2)17-5-21-47-35-13-7-27(23-31(35)37)15-19-45(40)25-33(39)29-9-11-30(12-10-29)34-26-46(42-41-34)20-16-28-8-14-36(32(38)24-28)48-22-6-18-44(3)4/h7-14,23-26H,5-6,15-22,39-40H2,1-4H3/b33-25-. The zero-order valence-corrected chi connectivity index (χ0v) is 31.6. The third kappa shape index (κ3) is 12.2. The number of aromatic nitrogens is 3. The smallest absolute Gasteiger partial charge is 0.133 e. The van der Waals surface area contributed by atoms with Crippen LogP contribution in [0, 0.1) is 0 Å². The fraction of sp³-hybridized carbons (Fsp3) is 0.389. The van der Waals surface area contributed by atoms with E-state index in [9.17, 15) is 0 Å². The number of hydrogen-bond acceptors (Lipinski definition) is 9. The molecule has 3 aromatic carbocycles. The molecule has 0 aliphatic carbocycles. The molecule has 12 heteroatoms. The van der Waals surface area contributed by atoms with Crippen molar-refractivity contribution in [1.82, 2.24) is 29.8 Å². The molecule has 0 aliphatic heterocycles. The Morgan fingerprint density at radius 3 is 1.90 bits per heavy atom. The van der Waals surface area contributed by atoms with Crippen LogP contribution in [0.3, 0.4) is 0 Å². The first kappa shape index (κ1) is 37.4. The highest BCUT2D eigenvalue weighted by atomic mass is 79.9. The van der Waals surface area contributed by atoms with Gasteiger partial charge in [-0.3, -0.25) is 4.68 Å². The highest BCUT2D eigenvalue weighted by Crippen LogP contribution is 2.28. The Morgan fingerprint density at radius 2 is 1.35 bits per heavy atom. The van der Waals surface area contributed by atoms with Crippen LogP contribution in [0.2, 0.25) is 0 Å². The fourth-order valence-corrected chi connectivity index (χ4v) is 6.03. The minimum absolute atomic E-state index is 0.589. The second-order valence-electron chi connectivity index (χ2n) is 12.3. The van der Waals surface area contributed by atoms with E-state index < -0.39 is 0 Å². The van der Waals surface area contributed by atoms with E-state index in [0.29, 0.717) is 32.0 Å². The van der Waals surface area contributed by atoms with E-state index in [-0.39, 0.29) is 0 Å². The highest BCUT2D eigenvalue weighted by Gasteiger charge is 2.09. The van der Waals surface area contributed by atoms with Crippen molar-refractivity contribution in [3.63, 3.8) is 0 Å². The van der Waals surface area contributed by atoms with E-state index in [1.54, 1.807) is 11.2 Å². The van der Waals surface area contributed by atoms with Crippen LogP contribution < -0.4 is 21.1 Å². The van der Waals surface area contributed by atoms with Crippen LogP contribution in [-0.4, -0.2) is 90.8 Å². The summed E-state index contributed by atoms with van der Waals surface area (Å²) < 4.78 is 15.6. The first-order valence-electron chi connectivity index (χ1n) is 16.2. The fourth-order valence-electron chi connectivity index (χ4n) is 4.95. The lowest BCUT2D eigenvalue weighted by Crippen LogP contribution is -2.28. The average molecular weight is 785 g/mol. The Morgan fingerprint density at radius 1 is 0.792 bits per heavy atom. The highest BCUT2D eigenvalue weighted by molar-refractivity contribution is 9.10. The number of nitrogens with two attached hydrogens (primary N) is 2. The van der Waals surface area contributed by atoms with Gasteiger partial charge >= 0.3 is 0 Å². The van der Waals surface area contributed by atoms with Crippen molar-refractivity contribution in [2.45, 2.75) is 32.2 Å². The van der Waals surface area contributed by atoms with Crippen molar-refractivity contribution in [3.05, 3.63) is 98.7 Å². The Kier molecular flexibility index (Phi) is 14.8. The van der Waals surface area contributed by atoms with Crippen molar-refractivity contribution in [3.8, 4) is 22.8 Å².